The predicted octanol–water partition coefficient (Wildman–Crippen LogP) is 1.94. The molecule has 102 valence electrons. The summed E-state index contributed by atoms with van der Waals surface area (Å²) in [4.78, 5) is 14.1. The van der Waals surface area contributed by atoms with E-state index in [1.807, 2.05) is 6.92 Å². The first kappa shape index (κ1) is 12.6. The Labute approximate surface area is 112 Å². The van der Waals surface area contributed by atoms with Crippen molar-refractivity contribution in [3.63, 3.8) is 0 Å². The lowest BCUT2D eigenvalue weighted by atomic mass is 9.98. The van der Waals surface area contributed by atoms with Gasteiger partial charge >= 0.3 is 0 Å². The number of carbonyl (C=O) groups excluding carboxylic acids is 1. The van der Waals surface area contributed by atoms with E-state index in [1.165, 1.54) is 6.07 Å². The van der Waals surface area contributed by atoms with Gasteiger partial charge in [0.1, 0.15) is 5.82 Å². The predicted molar refractivity (Wildman–Crippen MR) is 71.2 cm³/mol. The molecule has 2 N–H and O–H groups in total. The molecule has 0 spiro atoms. The molecule has 1 aliphatic carbocycles. The van der Waals surface area contributed by atoms with E-state index >= 15 is 0 Å². The molecule has 1 heterocycles. The molecule has 4 heteroatoms. The van der Waals surface area contributed by atoms with Gasteiger partial charge in [0.2, 0.25) is 0 Å². The SMILES string of the molecule is Cc1ccc(C(=O)N2CC3CCC(N)C3C2)c(F)c1. The third-order valence-electron chi connectivity index (χ3n) is 4.55. The highest BCUT2D eigenvalue weighted by Gasteiger charge is 2.42. The van der Waals surface area contributed by atoms with E-state index in [-0.39, 0.29) is 17.5 Å². The third-order valence-corrected chi connectivity index (χ3v) is 4.55. The largest absolute Gasteiger partial charge is 0.338 e. The standard InChI is InChI=1S/C15H19FN2O/c1-9-2-4-11(13(16)6-9)15(19)18-7-10-3-5-14(17)12(10)8-18/h2,4,6,10,12,14H,3,5,7-8,17H2,1H3. The van der Waals surface area contributed by atoms with E-state index in [0.717, 1.165) is 24.9 Å². The van der Waals surface area contributed by atoms with E-state index in [9.17, 15) is 9.18 Å². The van der Waals surface area contributed by atoms with E-state index in [0.29, 0.717) is 18.4 Å². The summed E-state index contributed by atoms with van der Waals surface area (Å²) in [7, 11) is 0. The molecule has 1 amide bonds. The Balaban J connectivity index is 1.78. The van der Waals surface area contributed by atoms with Crippen LogP contribution in [0.4, 0.5) is 4.39 Å². The fourth-order valence-corrected chi connectivity index (χ4v) is 3.44. The van der Waals surface area contributed by atoms with Gasteiger partial charge in [-0.2, -0.15) is 0 Å². The van der Waals surface area contributed by atoms with Crippen LogP contribution in [0.15, 0.2) is 18.2 Å². The van der Waals surface area contributed by atoms with Crippen molar-refractivity contribution in [1.82, 2.24) is 4.90 Å². The topological polar surface area (TPSA) is 46.3 Å². The number of nitrogens with zero attached hydrogens (tertiary/aromatic N) is 1. The van der Waals surface area contributed by atoms with E-state index in [2.05, 4.69) is 0 Å². The highest BCUT2D eigenvalue weighted by atomic mass is 19.1. The first-order valence-corrected chi connectivity index (χ1v) is 6.87. The average molecular weight is 262 g/mol. The zero-order chi connectivity index (χ0) is 13.6. The van der Waals surface area contributed by atoms with Gasteiger partial charge in [0.25, 0.3) is 5.91 Å². The summed E-state index contributed by atoms with van der Waals surface area (Å²) in [6.07, 6.45) is 2.14. The van der Waals surface area contributed by atoms with Gasteiger partial charge in [0.05, 0.1) is 5.56 Å². The number of aryl methyl sites for hydroxylation is 1. The lowest BCUT2D eigenvalue weighted by Gasteiger charge is -2.19. The lowest BCUT2D eigenvalue weighted by Crippen LogP contribution is -2.33. The van der Waals surface area contributed by atoms with Crippen LogP contribution in [0.3, 0.4) is 0 Å². The van der Waals surface area contributed by atoms with Crippen molar-refractivity contribution in [3.05, 3.63) is 35.1 Å². The van der Waals surface area contributed by atoms with Gasteiger partial charge in [0, 0.05) is 19.1 Å². The van der Waals surface area contributed by atoms with Gasteiger partial charge in [-0.05, 0) is 49.3 Å². The maximum atomic E-state index is 13.8. The number of benzene rings is 1. The minimum absolute atomic E-state index is 0.180. The Morgan fingerprint density at radius 2 is 2.16 bits per heavy atom. The summed E-state index contributed by atoms with van der Waals surface area (Å²) in [6, 6.07) is 4.97. The number of halogens is 1. The minimum Gasteiger partial charge on any atom is -0.338 e. The fraction of sp³-hybridized carbons (Fsp3) is 0.533. The Hall–Kier alpha value is -1.42. The van der Waals surface area contributed by atoms with E-state index < -0.39 is 5.82 Å². The highest BCUT2D eigenvalue weighted by molar-refractivity contribution is 5.94. The molecule has 3 unspecified atom stereocenters. The van der Waals surface area contributed by atoms with Gasteiger partial charge in [-0.15, -0.1) is 0 Å². The molecular formula is C15H19FN2O. The Morgan fingerprint density at radius 3 is 2.84 bits per heavy atom. The molecule has 0 aromatic heterocycles. The first-order chi connectivity index (χ1) is 9.06. The summed E-state index contributed by atoms with van der Waals surface area (Å²) in [5.41, 5.74) is 7.07. The number of carbonyl (C=O) groups is 1. The molecule has 1 saturated heterocycles. The van der Waals surface area contributed by atoms with Crippen LogP contribution in [0.5, 0.6) is 0 Å². The van der Waals surface area contributed by atoms with Gasteiger partial charge in [-0.3, -0.25) is 4.79 Å². The number of hydrogen-bond donors (Lipinski definition) is 1. The van der Waals surface area contributed by atoms with Gasteiger partial charge in [-0.25, -0.2) is 4.39 Å². The molecular weight excluding hydrogens is 243 g/mol. The lowest BCUT2D eigenvalue weighted by molar-refractivity contribution is 0.0775. The van der Waals surface area contributed by atoms with Crippen LogP contribution >= 0.6 is 0 Å². The molecule has 0 radical (unpaired) electrons. The number of likely N-dealkylation sites (tertiary alicyclic amines) is 1. The van der Waals surface area contributed by atoms with Crippen molar-refractivity contribution in [2.24, 2.45) is 17.6 Å². The normalized spacial score (nSPS) is 29.6. The summed E-state index contributed by atoms with van der Waals surface area (Å²) >= 11 is 0. The summed E-state index contributed by atoms with van der Waals surface area (Å²) in [5.74, 6) is 0.287. The van der Waals surface area contributed by atoms with Crippen LogP contribution in [0.1, 0.15) is 28.8 Å². The van der Waals surface area contributed by atoms with Crippen molar-refractivity contribution >= 4 is 5.91 Å². The molecule has 2 aliphatic rings. The second-order valence-electron chi connectivity index (χ2n) is 5.86. The molecule has 2 fully saturated rings. The molecule has 3 atom stereocenters. The van der Waals surface area contributed by atoms with Crippen molar-refractivity contribution in [2.45, 2.75) is 25.8 Å². The Kier molecular flexibility index (Phi) is 3.05. The number of rotatable bonds is 1. The molecule has 1 aromatic carbocycles. The van der Waals surface area contributed by atoms with E-state index in [4.69, 9.17) is 5.73 Å². The van der Waals surface area contributed by atoms with Gasteiger partial charge in [0.15, 0.2) is 0 Å². The molecule has 1 aliphatic heterocycles. The second kappa shape index (κ2) is 4.60. The number of nitrogens with two attached hydrogens (primary N) is 1. The number of fused-ring (bicyclic) bond motifs is 1. The summed E-state index contributed by atoms with van der Waals surface area (Å²) < 4.78 is 13.8. The number of hydrogen-bond acceptors (Lipinski definition) is 2. The molecule has 3 rings (SSSR count). The van der Waals surface area contributed by atoms with Crippen LogP contribution in [0.2, 0.25) is 0 Å². The Bertz CT molecular complexity index is 517. The van der Waals surface area contributed by atoms with Gasteiger partial charge in [-0.1, -0.05) is 6.07 Å². The maximum Gasteiger partial charge on any atom is 0.256 e. The van der Waals surface area contributed by atoms with Crippen molar-refractivity contribution in [2.75, 3.05) is 13.1 Å². The zero-order valence-electron chi connectivity index (χ0n) is 11.1. The van der Waals surface area contributed by atoms with Crippen molar-refractivity contribution in [3.8, 4) is 0 Å². The van der Waals surface area contributed by atoms with Crippen LogP contribution in [-0.4, -0.2) is 29.9 Å². The highest BCUT2D eigenvalue weighted by Crippen LogP contribution is 2.37. The van der Waals surface area contributed by atoms with Crippen LogP contribution in [-0.2, 0) is 0 Å². The van der Waals surface area contributed by atoms with Crippen molar-refractivity contribution in [1.29, 1.82) is 0 Å². The van der Waals surface area contributed by atoms with Crippen molar-refractivity contribution < 1.29 is 9.18 Å². The molecule has 1 aromatic rings. The maximum absolute atomic E-state index is 13.8. The molecule has 1 saturated carbocycles. The van der Waals surface area contributed by atoms with Crippen LogP contribution < -0.4 is 5.73 Å². The third kappa shape index (κ3) is 2.14. The minimum atomic E-state index is -0.425. The molecule has 19 heavy (non-hydrogen) atoms. The summed E-state index contributed by atoms with van der Waals surface area (Å²) in [5, 5.41) is 0. The van der Waals surface area contributed by atoms with Crippen LogP contribution in [0.25, 0.3) is 0 Å². The summed E-state index contributed by atoms with van der Waals surface area (Å²) in [6.45, 7) is 3.22. The average Bonchev–Trinajstić information content (AvgIpc) is 2.91. The molecule has 3 nitrogen and oxygen atoms in total. The second-order valence-corrected chi connectivity index (χ2v) is 5.86. The molecule has 0 bridgehead atoms. The first-order valence-electron chi connectivity index (χ1n) is 6.87. The Morgan fingerprint density at radius 1 is 1.37 bits per heavy atom. The van der Waals surface area contributed by atoms with Crippen LogP contribution in [0, 0.1) is 24.6 Å². The smallest absolute Gasteiger partial charge is 0.256 e. The quantitative estimate of drug-likeness (QED) is 0.840. The number of amides is 1. The van der Waals surface area contributed by atoms with Gasteiger partial charge < -0.3 is 10.6 Å². The fourth-order valence-electron chi connectivity index (χ4n) is 3.44. The van der Waals surface area contributed by atoms with E-state index in [1.54, 1.807) is 17.0 Å². The monoisotopic (exact) mass is 262 g/mol. The zero-order valence-corrected chi connectivity index (χ0v) is 11.1.